The van der Waals surface area contributed by atoms with E-state index in [-0.39, 0.29) is 5.54 Å². The van der Waals surface area contributed by atoms with Gasteiger partial charge in [0.2, 0.25) is 0 Å². The molecule has 0 amide bonds. The molecule has 0 spiro atoms. The van der Waals surface area contributed by atoms with Gasteiger partial charge in [-0.1, -0.05) is 0 Å². The van der Waals surface area contributed by atoms with E-state index < -0.39 is 0 Å². The Morgan fingerprint density at radius 2 is 1.94 bits per heavy atom. The first-order valence-corrected chi connectivity index (χ1v) is 6.86. The van der Waals surface area contributed by atoms with Gasteiger partial charge < -0.3 is 20.9 Å². The van der Waals surface area contributed by atoms with Gasteiger partial charge in [0.1, 0.15) is 0 Å². The molecule has 0 saturated carbocycles. The van der Waals surface area contributed by atoms with Crippen LogP contribution in [0.3, 0.4) is 0 Å². The topological polar surface area (TPSA) is 56.9 Å². The average molecular weight is 255 g/mol. The summed E-state index contributed by atoms with van der Waals surface area (Å²) in [5.41, 5.74) is 5.83. The zero-order valence-electron chi connectivity index (χ0n) is 12.4. The van der Waals surface area contributed by atoms with Crippen molar-refractivity contribution < 1.29 is 0 Å². The molecule has 0 aromatic heterocycles. The Kier molecular flexibility index (Phi) is 5.88. The fourth-order valence-electron chi connectivity index (χ4n) is 2.06. The summed E-state index contributed by atoms with van der Waals surface area (Å²) in [6.07, 6.45) is 1.25. The minimum absolute atomic E-state index is 0.0150. The fourth-order valence-corrected chi connectivity index (χ4v) is 2.06. The Morgan fingerprint density at radius 1 is 1.22 bits per heavy atom. The number of hydrogen-bond acceptors (Lipinski definition) is 3. The number of hydrogen-bond donors (Lipinski definition) is 2. The molecule has 1 saturated heterocycles. The molecule has 0 bridgehead atoms. The molecule has 1 heterocycles. The van der Waals surface area contributed by atoms with E-state index in [0.29, 0.717) is 5.96 Å². The van der Waals surface area contributed by atoms with E-state index in [1.165, 1.54) is 19.5 Å². The Balaban J connectivity index is 2.26. The third kappa shape index (κ3) is 6.81. The van der Waals surface area contributed by atoms with E-state index in [9.17, 15) is 0 Å². The van der Waals surface area contributed by atoms with Crippen molar-refractivity contribution in [3.05, 3.63) is 0 Å². The van der Waals surface area contributed by atoms with Crippen molar-refractivity contribution in [3.8, 4) is 0 Å². The second-order valence-electron chi connectivity index (χ2n) is 6.14. The van der Waals surface area contributed by atoms with Crippen molar-refractivity contribution in [2.24, 2.45) is 10.7 Å². The second-order valence-corrected chi connectivity index (χ2v) is 6.14. The number of nitrogens with one attached hydrogen (secondary N) is 1. The SMILES string of the molecule is CN1CCCN(CCN=C(N)NC(C)(C)C)CC1. The standard InChI is InChI=1S/C13H29N5/c1-13(2,3)16-12(14)15-6-9-18-8-5-7-17(4)10-11-18/h5-11H2,1-4H3,(H3,14,15,16). The first kappa shape index (κ1) is 15.2. The van der Waals surface area contributed by atoms with Crippen LogP contribution in [-0.2, 0) is 0 Å². The number of nitrogens with zero attached hydrogens (tertiary/aromatic N) is 3. The molecule has 1 rings (SSSR count). The Morgan fingerprint density at radius 3 is 2.61 bits per heavy atom. The smallest absolute Gasteiger partial charge is 0.189 e. The molecule has 3 N–H and O–H groups in total. The summed E-state index contributed by atoms with van der Waals surface area (Å²) >= 11 is 0. The molecular weight excluding hydrogens is 226 g/mol. The lowest BCUT2D eigenvalue weighted by molar-refractivity contribution is 0.283. The Bertz CT molecular complexity index is 269. The highest BCUT2D eigenvalue weighted by Crippen LogP contribution is 2.00. The molecule has 18 heavy (non-hydrogen) atoms. The number of rotatable bonds is 3. The molecule has 106 valence electrons. The van der Waals surface area contributed by atoms with E-state index >= 15 is 0 Å². The normalized spacial score (nSPS) is 20.8. The van der Waals surface area contributed by atoms with Gasteiger partial charge in [0, 0.05) is 25.2 Å². The lowest BCUT2D eigenvalue weighted by Crippen LogP contribution is -2.45. The van der Waals surface area contributed by atoms with Gasteiger partial charge in [-0.3, -0.25) is 4.99 Å². The van der Waals surface area contributed by atoms with Crippen LogP contribution in [0.2, 0.25) is 0 Å². The van der Waals surface area contributed by atoms with Crippen LogP contribution in [0.5, 0.6) is 0 Å². The minimum atomic E-state index is -0.0150. The Hall–Kier alpha value is -0.810. The van der Waals surface area contributed by atoms with Crippen molar-refractivity contribution in [1.82, 2.24) is 15.1 Å². The summed E-state index contributed by atoms with van der Waals surface area (Å²) < 4.78 is 0. The molecule has 1 aliphatic rings. The molecule has 5 nitrogen and oxygen atoms in total. The lowest BCUT2D eigenvalue weighted by Gasteiger charge is -2.22. The molecule has 0 aliphatic carbocycles. The predicted molar refractivity (Wildman–Crippen MR) is 77.9 cm³/mol. The molecule has 0 aromatic rings. The maximum atomic E-state index is 5.84. The van der Waals surface area contributed by atoms with Crippen LogP contribution in [0.15, 0.2) is 4.99 Å². The monoisotopic (exact) mass is 255 g/mol. The molecule has 1 fully saturated rings. The molecule has 0 unspecified atom stereocenters. The summed E-state index contributed by atoms with van der Waals surface area (Å²) in [7, 11) is 2.19. The van der Waals surface area contributed by atoms with Gasteiger partial charge in [-0.15, -0.1) is 0 Å². The van der Waals surface area contributed by atoms with Crippen molar-refractivity contribution in [2.45, 2.75) is 32.7 Å². The highest BCUT2D eigenvalue weighted by atomic mass is 15.2. The summed E-state index contributed by atoms with van der Waals surface area (Å²) in [6, 6.07) is 0. The van der Waals surface area contributed by atoms with Crippen molar-refractivity contribution in [2.75, 3.05) is 46.3 Å². The van der Waals surface area contributed by atoms with Gasteiger partial charge in [0.05, 0.1) is 6.54 Å². The van der Waals surface area contributed by atoms with Crippen LogP contribution in [0.4, 0.5) is 0 Å². The van der Waals surface area contributed by atoms with Crippen LogP contribution < -0.4 is 11.1 Å². The van der Waals surface area contributed by atoms with E-state index in [1.54, 1.807) is 0 Å². The molecule has 0 atom stereocenters. The summed E-state index contributed by atoms with van der Waals surface area (Å²) in [4.78, 5) is 9.24. The zero-order valence-corrected chi connectivity index (χ0v) is 12.4. The third-order valence-corrected chi connectivity index (χ3v) is 3.01. The largest absolute Gasteiger partial charge is 0.370 e. The summed E-state index contributed by atoms with van der Waals surface area (Å²) in [5, 5.41) is 3.18. The number of guanidine groups is 1. The first-order valence-electron chi connectivity index (χ1n) is 6.86. The van der Waals surface area contributed by atoms with Gasteiger partial charge in [-0.2, -0.15) is 0 Å². The van der Waals surface area contributed by atoms with Crippen LogP contribution in [0.1, 0.15) is 27.2 Å². The van der Waals surface area contributed by atoms with Crippen LogP contribution in [-0.4, -0.2) is 67.6 Å². The van der Waals surface area contributed by atoms with Crippen LogP contribution in [0, 0.1) is 0 Å². The van der Waals surface area contributed by atoms with E-state index in [0.717, 1.165) is 26.2 Å². The molecule has 5 heteroatoms. The van der Waals surface area contributed by atoms with Crippen molar-refractivity contribution in [1.29, 1.82) is 0 Å². The predicted octanol–water partition coefficient (Wildman–Crippen LogP) is 0.327. The van der Waals surface area contributed by atoms with E-state index in [2.05, 4.69) is 47.9 Å². The van der Waals surface area contributed by atoms with Gasteiger partial charge in [0.25, 0.3) is 0 Å². The second kappa shape index (κ2) is 6.95. The van der Waals surface area contributed by atoms with E-state index in [4.69, 9.17) is 5.73 Å². The maximum Gasteiger partial charge on any atom is 0.189 e. The molecule has 0 aromatic carbocycles. The summed E-state index contributed by atoms with van der Waals surface area (Å²) in [6.45, 7) is 12.7. The zero-order chi connectivity index (χ0) is 13.6. The highest BCUT2D eigenvalue weighted by molar-refractivity contribution is 5.78. The molecule has 1 aliphatic heterocycles. The van der Waals surface area contributed by atoms with E-state index in [1.807, 2.05) is 0 Å². The summed E-state index contributed by atoms with van der Waals surface area (Å²) in [5.74, 6) is 0.550. The first-order chi connectivity index (χ1) is 8.37. The van der Waals surface area contributed by atoms with Crippen molar-refractivity contribution >= 4 is 5.96 Å². The van der Waals surface area contributed by atoms with Gasteiger partial charge >= 0.3 is 0 Å². The number of nitrogens with two attached hydrogens (primary N) is 1. The Labute approximate surface area is 111 Å². The maximum absolute atomic E-state index is 5.84. The number of likely N-dealkylation sites (N-methyl/N-ethyl adjacent to an activating group) is 1. The molecule has 0 radical (unpaired) electrons. The average Bonchev–Trinajstić information content (AvgIpc) is 2.41. The van der Waals surface area contributed by atoms with Gasteiger partial charge in [-0.05, 0) is 47.3 Å². The quantitative estimate of drug-likeness (QED) is 0.563. The van der Waals surface area contributed by atoms with Gasteiger partial charge in [0.15, 0.2) is 5.96 Å². The van der Waals surface area contributed by atoms with Crippen molar-refractivity contribution in [3.63, 3.8) is 0 Å². The minimum Gasteiger partial charge on any atom is -0.370 e. The van der Waals surface area contributed by atoms with Gasteiger partial charge in [-0.25, -0.2) is 0 Å². The number of aliphatic imine (C=N–C) groups is 1. The van der Waals surface area contributed by atoms with Crippen LogP contribution in [0.25, 0.3) is 0 Å². The highest BCUT2D eigenvalue weighted by Gasteiger charge is 2.12. The third-order valence-electron chi connectivity index (χ3n) is 3.01. The molecular formula is C13H29N5. The fraction of sp³-hybridized carbons (Fsp3) is 0.923. The van der Waals surface area contributed by atoms with Crippen LogP contribution >= 0.6 is 0 Å². The lowest BCUT2D eigenvalue weighted by atomic mass is 10.1.